The van der Waals surface area contributed by atoms with Crippen molar-refractivity contribution < 1.29 is 22.9 Å². The molecule has 3 rings (SSSR count). The number of nitro benzene ring substituents is 1. The molecule has 0 aliphatic carbocycles. The maximum absolute atomic E-state index is 12.9. The van der Waals surface area contributed by atoms with Crippen LogP contribution in [0.1, 0.15) is 5.56 Å². The first-order chi connectivity index (χ1) is 11.9. The van der Waals surface area contributed by atoms with Crippen LogP contribution >= 0.6 is 0 Å². The number of nitro groups is 1. The fraction of sp³-hybridized carbons (Fsp3) is 0.250. The van der Waals surface area contributed by atoms with E-state index in [1.54, 1.807) is 12.1 Å². The van der Waals surface area contributed by atoms with Crippen molar-refractivity contribution in [2.45, 2.75) is 17.9 Å². The van der Waals surface area contributed by atoms with E-state index in [1.165, 1.54) is 30.3 Å². The Morgan fingerprint density at radius 1 is 1.28 bits per heavy atom. The Bertz CT molecular complexity index is 878. The van der Waals surface area contributed by atoms with Gasteiger partial charge in [-0.1, -0.05) is 23.8 Å². The highest BCUT2D eigenvalue weighted by molar-refractivity contribution is 7.92. The summed E-state index contributed by atoms with van der Waals surface area (Å²) in [5, 5.41) is 11.0. The second-order valence-corrected chi connectivity index (χ2v) is 7.33. The van der Waals surface area contributed by atoms with Gasteiger partial charge in [-0.2, -0.15) is 8.42 Å². The normalized spacial score (nSPS) is 16.4. The van der Waals surface area contributed by atoms with Crippen LogP contribution in [0.15, 0.2) is 53.4 Å². The third kappa shape index (κ3) is 3.95. The summed E-state index contributed by atoms with van der Waals surface area (Å²) in [7, 11) is -4.05. The van der Waals surface area contributed by atoms with Gasteiger partial charge in [0, 0.05) is 12.1 Å². The SMILES string of the molecule is Cc1ccc(S(=O)(=O)N(OCC2CO2)c2cccc([N+](=O)[O-])c2)cc1. The smallest absolute Gasteiger partial charge is 0.286 e. The molecule has 1 heterocycles. The molecule has 1 saturated heterocycles. The molecular weight excluding hydrogens is 348 g/mol. The number of hydrogen-bond acceptors (Lipinski definition) is 6. The lowest BCUT2D eigenvalue weighted by molar-refractivity contribution is -0.384. The Balaban J connectivity index is 1.99. The van der Waals surface area contributed by atoms with E-state index in [0.29, 0.717) is 11.1 Å². The van der Waals surface area contributed by atoms with Crippen LogP contribution in [-0.4, -0.2) is 32.7 Å². The number of nitrogens with zero attached hydrogens (tertiary/aromatic N) is 2. The highest BCUT2D eigenvalue weighted by Crippen LogP contribution is 2.28. The van der Waals surface area contributed by atoms with E-state index >= 15 is 0 Å². The van der Waals surface area contributed by atoms with Crippen LogP contribution in [0.5, 0.6) is 0 Å². The zero-order chi connectivity index (χ0) is 18.0. The van der Waals surface area contributed by atoms with Gasteiger partial charge in [0.05, 0.1) is 22.1 Å². The lowest BCUT2D eigenvalue weighted by atomic mass is 10.2. The number of ether oxygens (including phenoxy) is 1. The average Bonchev–Trinajstić information content (AvgIpc) is 3.40. The van der Waals surface area contributed by atoms with E-state index in [-0.39, 0.29) is 29.0 Å². The van der Waals surface area contributed by atoms with Gasteiger partial charge in [0.15, 0.2) is 0 Å². The summed E-state index contributed by atoms with van der Waals surface area (Å²) in [4.78, 5) is 15.9. The van der Waals surface area contributed by atoms with Gasteiger partial charge in [-0.3, -0.25) is 15.0 Å². The molecule has 1 fully saturated rings. The Hall–Kier alpha value is -2.49. The van der Waals surface area contributed by atoms with Gasteiger partial charge in [-0.15, -0.1) is 4.47 Å². The van der Waals surface area contributed by atoms with Crippen molar-refractivity contribution in [3.8, 4) is 0 Å². The van der Waals surface area contributed by atoms with Crippen LogP contribution in [0.4, 0.5) is 11.4 Å². The molecule has 0 radical (unpaired) electrons. The lowest BCUT2D eigenvalue weighted by Crippen LogP contribution is -2.32. The van der Waals surface area contributed by atoms with Crippen LogP contribution < -0.4 is 4.47 Å². The molecule has 132 valence electrons. The molecule has 9 heteroatoms. The van der Waals surface area contributed by atoms with Crippen LogP contribution in [0.2, 0.25) is 0 Å². The van der Waals surface area contributed by atoms with Crippen LogP contribution in [-0.2, 0) is 19.6 Å². The molecule has 25 heavy (non-hydrogen) atoms. The number of non-ortho nitro benzene ring substituents is 1. The van der Waals surface area contributed by atoms with Crippen molar-refractivity contribution in [1.29, 1.82) is 0 Å². The van der Waals surface area contributed by atoms with Crippen molar-refractivity contribution in [2.24, 2.45) is 0 Å². The lowest BCUT2D eigenvalue weighted by Gasteiger charge is -2.23. The van der Waals surface area contributed by atoms with Crippen molar-refractivity contribution in [3.63, 3.8) is 0 Å². The van der Waals surface area contributed by atoms with Crippen LogP contribution in [0.3, 0.4) is 0 Å². The summed E-state index contributed by atoms with van der Waals surface area (Å²) < 4.78 is 31.6. The third-order valence-corrected chi connectivity index (χ3v) is 5.19. The van der Waals surface area contributed by atoms with Gasteiger partial charge >= 0.3 is 0 Å². The molecule has 0 amide bonds. The molecule has 2 aromatic rings. The summed E-state index contributed by atoms with van der Waals surface area (Å²) in [6.45, 7) is 2.37. The fourth-order valence-electron chi connectivity index (χ4n) is 2.12. The molecule has 1 atom stereocenters. The summed E-state index contributed by atoms with van der Waals surface area (Å²) in [5.74, 6) is 0. The summed E-state index contributed by atoms with van der Waals surface area (Å²) in [6.07, 6.45) is -0.172. The largest absolute Gasteiger partial charge is 0.371 e. The maximum Gasteiger partial charge on any atom is 0.286 e. The van der Waals surface area contributed by atoms with Gasteiger partial charge in [0.25, 0.3) is 15.7 Å². The van der Waals surface area contributed by atoms with Crippen molar-refractivity contribution in [3.05, 3.63) is 64.2 Å². The summed E-state index contributed by atoms with van der Waals surface area (Å²) in [6, 6.07) is 11.5. The van der Waals surface area contributed by atoms with E-state index < -0.39 is 14.9 Å². The van der Waals surface area contributed by atoms with Crippen molar-refractivity contribution in [2.75, 3.05) is 17.7 Å². The Morgan fingerprint density at radius 2 is 1.96 bits per heavy atom. The zero-order valence-corrected chi connectivity index (χ0v) is 14.2. The molecule has 0 aromatic heterocycles. The first-order valence-corrected chi connectivity index (χ1v) is 8.93. The molecule has 1 aliphatic rings. The molecule has 1 aliphatic heterocycles. The number of anilines is 1. The summed E-state index contributed by atoms with van der Waals surface area (Å²) in [5.41, 5.74) is 0.733. The predicted molar refractivity (Wildman–Crippen MR) is 89.6 cm³/mol. The Labute approximate surface area is 144 Å². The topological polar surface area (TPSA) is 102 Å². The number of benzene rings is 2. The van der Waals surface area contributed by atoms with Gasteiger partial charge < -0.3 is 4.74 Å². The molecule has 0 saturated carbocycles. The van der Waals surface area contributed by atoms with E-state index in [9.17, 15) is 18.5 Å². The highest BCUT2D eigenvalue weighted by atomic mass is 32.2. The molecule has 1 unspecified atom stereocenters. The molecule has 0 spiro atoms. The second kappa shape index (κ2) is 6.79. The van der Waals surface area contributed by atoms with Crippen molar-refractivity contribution >= 4 is 21.4 Å². The second-order valence-electron chi connectivity index (χ2n) is 5.57. The average molecular weight is 364 g/mol. The summed E-state index contributed by atoms with van der Waals surface area (Å²) >= 11 is 0. The third-order valence-electron chi connectivity index (χ3n) is 3.57. The maximum atomic E-state index is 12.9. The number of hydrogen-bond donors (Lipinski definition) is 0. The minimum absolute atomic E-state index is 0.0290. The molecule has 2 aromatic carbocycles. The predicted octanol–water partition coefficient (Wildman–Crippen LogP) is 2.43. The molecular formula is C16H16N2O6S. The van der Waals surface area contributed by atoms with Crippen LogP contribution in [0.25, 0.3) is 0 Å². The quantitative estimate of drug-likeness (QED) is 0.425. The van der Waals surface area contributed by atoms with Gasteiger partial charge in [0.1, 0.15) is 12.7 Å². The first kappa shape index (κ1) is 17.3. The number of epoxide rings is 1. The molecule has 0 N–H and O–H groups in total. The molecule has 0 bridgehead atoms. The van der Waals surface area contributed by atoms with E-state index in [2.05, 4.69) is 0 Å². The fourth-order valence-corrected chi connectivity index (χ4v) is 3.39. The monoisotopic (exact) mass is 364 g/mol. The number of rotatable bonds is 7. The standard InChI is InChI=1S/C16H16N2O6S/c1-12-5-7-16(8-6-12)25(21,22)18(24-11-15-10-23-15)14-4-2-3-13(9-14)17(19)20/h2-9,15H,10-11H2,1H3. The minimum atomic E-state index is -4.05. The number of aryl methyl sites for hydroxylation is 1. The van der Waals surface area contributed by atoms with Crippen molar-refractivity contribution in [1.82, 2.24) is 0 Å². The van der Waals surface area contributed by atoms with E-state index in [4.69, 9.17) is 9.57 Å². The van der Waals surface area contributed by atoms with E-state index in [0.717, 1.165) is 11.6 Å². The van der Waals surface area contributed by atoms with E-state index in [1.807, 2.05) is 6.92 Å². The Kier molecular flexibility index (Phi) is 4.71. The zero-order valence-electron chi connectivity index (χ0n) is 13.4. The van der Waals surface area contributed by atoms with Gasteiger partial charge in [0.2, 0.25) is 0 Å². The van der Waals surface area contributed by atoms with Gasteiger partial charge in [-0.05, 0) is 25.1 Å². The minimum Gasteiger partial charge on any atom is -0.371 e. The van der Waals surface area contributed by atoms with Gasteiger partial charge in [-0.25, -0.2) is 0 Å². The Morgan fingerprint density at radius 3 is 2.56 bits per heavy atom. The first-order valence-electron chi connectivity index (χ1n) is 7.49. The highest BCUT2D eigenvalue weighted by Gasteiger charge is 2.31. The molecule has 8 nitrogen and oxygen atoms in total. The van der Waals surface area contributed by atoms with Crippen LogP contribution in [0, 0.1) is 17.0 Å². The number of sulfonamides is 1.